The Hall–Kier alpha value is -2.69. The number of aryl methyl sites for hydroxylation is 1. The van der Waals surface area contributed by atoms with Crippen molar-refractivity contribution in [3.05, 3.63) is 70.2 Å². The van der Waals surface area contributed by atoms with Crippen LogP contribution in [-0.2, 0) is 11.2 Å². The van der Waals surface area contributed by atoms with E-state index >= 15 is 0 Å². The van der Waals surface area contributed by atoms with Gasteiger partial charge < -0.3 is 15.0 Å². The average molecular weight is 413 g/mol. The fourth-order valence-electron chi connectivity index (χ4n) is 3.29. The number of H-pyrrole nitrogens is 1. The first kappa shape index (κ1) is 18.7. The summed E-state index contributed by atoms with van der Waals surface area (Å²) in [6.07, 6.45) is 0.957. The molecular weight excluding hydrogens is 395 g/mol. The van der Waals surface area contributed by atoms with E-state index in [1.54, 1.807) is 18.2 Å². The molecule has 0 bridgehead atoms. The number of carbonyl (C=O) groups is 1. The van der Waals surface area contributed by atoms with Crippen molar-refractivity contribution in [3.8, 4) is 5.75 Å². The molecule has 4 nitrogen and oxygen atoms in total. The van der Waals surface area contributed by atoms with Crippen molar-refractivity contribution in [3.63, 3.8) is 0 Å². The number of para-hydroxylation sites is 1. The number of aromatic amines is 1. The number of carbonyl (C=O) groups excluding carboxylic acids is 1. The van der Waals surface area contributed by atoms with Gasteiger partial charge in [0.05, 0.1) is 5.02 Å². The molecule has 0 radical (unpaired) electrons. The van der Waals surface area contributed by atoms with Gasteiger partial charge in [-0.1, -0.05) is 54.4 Å². The second-order valence-corrected chi connectivity index (χ2v) is 7.33. The zero-order valence-corrected chi connectivity index (χ0v) is 16.7. The number of fused-ring (bicyclic) bond motifs is 3. The van der Waals surface area contributed by atoms with Crippen molar-refractivity contribution >= 4 is 56.6 Å². The van der Waals surface area contributed by atoms with Gasteiger partial charge in [0.15, 0.2) is 6.61 Å². The van der Waals surface area contributed by atoms with E-state index in [9.17, 15) is 4.79 Å². The first-order chi connectivity index (χ1) is 13.5. The van der Waals surface area contributed by atoms with Gasteiger partial charge in [-0.25, -0.2) is 0 Å². The van der Waals surface area contributed by atoms with Gasteiger partial charge in [-0.05, 0) is 42.3 Å². The van der Waals surface area contributed by atoms with E-state index in [4.69, 9.17) is 27.9 Å². The molecule has 3 aromatic carbocycles. The summed E-state index contributed by atoms with van der Waals surface area (Å²) in [6.45, 7) is 1.99. The molecule has 0 unspecified atom stereocenters. The van der Waals surface area contributed by atoms with Crippen molar-refractivity contribution in [1.29, 1.82) is 0 Å². The first-order valence-electron chi connectivity index (χ1n) is 8.96. The molecule has 6 heteroatoms. The molecular formula is C22H18Cl2N2O2. The Morgan fingerprint density at radius 3 is 2.71 bits per heavy atom. The van der Waals surface area contributed by atoms with E-state index < -0.39 is 0 Å². The molecule has 0 saturated heterocycles. The number of ether oxygens (including phenoxy) is 1. The molecule has 1 aromatic heterocycles. The standard InChI is InChI=1S/C22H18Cl2N2O2/c1-2-13-4-3-5-17-16-8-7-15(11-19(16)26-22(13)17)25-21(27)12-28-20-9-6-14(23)10-18(20)24/h3-11,26H,2,12H2,1H3,(H,25,27). The van der Waals surface area contributed by atoms with E-state index in [0.29, 0.717) is 21.5 Å². The van der Waals surface area contributed by atoms with Crippen LogP contribution in [0.25, 0.3) is 21.8 Å². The summed E-state index contributed by atoms with van der Waals surface area (Å²) in [7, 11) is 0. The summed E-state index contributed by atoms with van der Waals surface area (Å²) in [4.78, 5) is 15.7. The minimum absolute atomic E-state index is 0.147. The van der Waals surface area contributed by atoms with Crippen LogP contribution in [0.4, 0.5) is 5.69 Å². The van der Waals surface area contributed by atoms with Gasteiger partial charge in [0, 0.05) is 32.5 Å². The molecule has 4 rings (SSSR count). The average Bonchev–Trinajstić information content (AvgIpc) is 3.05. The van der Waals surface area contributed by atoms with E-state index in [-0.39, 0.29) is 12.5 Å². The van der Waals surface area contributed by atoms with Gasteiger partial charge in [-0.2, -0.15) is 0 Å². The fraction of sp³-hybridized carbons (Fsp3) is 0.136. The topological polar surface area (TPSA) is 54.1 Å². The van der Waals surface area contributed by atoms with Crippen molar-refractivity contribution in [2.24, 2.45) is 0 Å². The SMILES string of the molecule is CCc1cccc2c1[nH]c1cc(NC(=O)COc3ccc(Cl)cc3Cl)ccc12. The lowest BCUT2D eigenvalue weighted by molar-refractivity contribution is -0.118. The highest BCUT2D eigenvalue weighted by Gasteiger charge is 2.10. The van der Waals surface area contributed by atoms with Crippen LogP contribution in [0, 0.1) is 0 Å². The minimum Gasteiger partial charge on any atom is -0.482 e. The lowest BCUT2D eigenvalue weighted by Crippen LogP contribution is -2.20. The summed E-state index contributed by atoms with van der Waals surface area (Å²) in [5.41, 5.74) is 4.10. The van der Waals surface area contributed by atoms with Crippen LogP contribution in [0.2, 0.25) is 10.0 Å². The van der Waals surface area contributed by atoms with Crippen molar-refractivity contribution in [2.75, 3.05) is 11.9 Å². The van der Waals surface area contributed by atoms with Gasteiger partial charge >= 0.3 is 0 Å². The number of benzene rings is 3. The zero-order chi connectivity index (χ0) is 19.7. The highest BCUT2D eigenvalue weighted by molar-refractivity contribution is 6.35. The number of anilines is 1. The predicted molar refractivity (Wildman–Crippen MR) is 116 cm³/mol. The third-order valence-corrected chi connectivity index (χ3v) is 5.17. The molecule has 4 aromatic rings. The van der Waals surface area contributed by atoms with Crippen molar-refractivity contribution in [2.45, 2.75) is 13.3 Å². The lowest BCUT2D eigenvalue weighted by Gasteiger charge is -2.09. The second-order valence-electron chi connectivity index (χ2n) is 6.49. The third kappa shape index (κ3) is 3.66. The van der Waals surface area contributed by atoms with Gasteiger partial charge in [-0.3, -0.25) is 4.79 Å². The molecule has 0 aliphatic carbocycles. The van der Waals surface area contributed by atoms with Gasteiger partial charge in [-0.15, -0.1) is 0 Å². The Morgan fingerprint density at radius 1 is 1.07 bits per heavy atom. The largest absolute Gasteiger partial charge is 0.482 e. The van der Waals surface area contributed by atoms with E-state index in [0.717, 1.165) is 22.8 Å². The molecule has 1 amide bonds. The number of halogens is 2. The summed E-state index contributed by atoms with van der Waals surface area (Å²) in [6, 6.07) is 17.0. The Bertz CT molecular complexity index is 1180. The minimum atomic E-state index is -0.268. The van der Waals surface area contributed by atoms with Gasteiger partial charge in [0.2, 0.25) is 0 Å². The third-order valence-electron chi connectivity index (χ3n) is 4.64. The summed E-state index contributed by atoms with van der Waals surface area (Å²) < 4.78 is 5.48. The number of hydrogen-bond acceptors (Lipinski definition) is 2. The van der Waals surface area contributed by atoms with Gasteiger partial charge in [0.25, 0.3) is 5.91 Å². The highest BCUT2D eigenvalue weighted by Crippen LogP contribution is 2.30. The molecule has 0 atom stereocenters. The number of aromatic nitrogens is 1. The predicted octanol–water partition coefficient (Wildman–Crippen LogP) is 6.21. The summed E-state index contributed by atoms with van der Waals surface area (Å²) >= 11 is 11.9. The van der Waals surface area contributed by atoms with Crippen LogP contribution in [0.15, 0.2) is 54.6 Å². The zero-order valence-electron chi connectivity index (χ0n) is 15.2. The smallest absolute Gasteiger partial charge is 0.262 e. The van der Waals surface area contributed by atoms with Crippen molar-refractivity contribution < 1.29 is 9.53 Å². The maximum Gasteiger partial charge on any atom is 0.262 e. The fourth-order valence-corrected chi connectivity index (χ4v) is 3.76. The monoisotopic (exact) mass is 412 g/mol. The quantitative estimate of drug-likeness (QED) is 0.409. The molecule has 0 aliphatic heterocycles. The van der Waals surface area contributed by atoms with Crippen LogP contribution in [-0.4, -0.2) is 17.5 Å². The van der Waals surface area contributed by atoms with Crippen LogP contribution in [0.3, 0.4) is 0 Å². The van der Waals surface area contributed by atoms with Crippen LogP contribution < -0.4 is 10.1 Å². The molecule has 1 heterocycles. The Labute approximate surface area is 172 Å². The molecule has 0 saturated carbocycles. The maximum absolute atomic E-state index is 12.3. The Kier molecular flexibility index (Phi) is 5.16. The molecule has 2 N–H and O–H groups in total. The summed E-state index contributed by atoms with van der Waals surface area (Å²) in [5.74, 6) is 0.148. The number of rotatable bonds is 5. The molecule has 0 aliphatic rings. The van der Waals surface area contributed by atoms with Gasteiger partial charge in [0.1, 0.15) is 5.75 Å². The normalized spacial score (nSPS) is 11.1. The number of amides is 1. The lowest BCUT2D eigenvalue weighted by atomic mass is 10.1. The Morgan fingerprint density at radius 2 is 1.93 bits per heavy atom. The molecule has 28 heavy (non-hydrogen) atoms. The van der Waals surface area contributed by atoms with E-state index in [1.165, 1.54) is 10.9 Å². The second kappa shape index (κ2) is 7.74. The number of nitrogens with one attached hydrogen (secondary N) is 2. The maximum atomic E-state index is 12.3. The van der Waals surface area contributed by atoms with Crippen LogP contribution in [0.1, 0.15) is 12.5 Å². The number of hydrogen-bond donors (Lipinski definition) is 2. The highest BCUT2D eigenvalue weighted by atomic mass is 35.5. The van der Waals surface area contributed by atoms with E-state index in [2.05, 4.69) is 35.4 Å². The molecule has 142 valence electrons. The van der Waals surface area contributed by atoms with E-state index in [1.807, 2.05) is 18.2 Å². The van der Waals surface area contributed by atoms with Crippen LogP contribution in [0.5, 0.6) is 5.75 Å². The Balaban J connectivity index is 1.51. The van der Waals surface area contributed by atoms with Crippen molar-refractivity contribution in [1.82, 2.24) is 4.98 Å². The van der Waals surface area contributed by atoms with Crippen LogP contribution >= 0.6 is 23.2 Å². The summed E-state index contributed by atoms with van der Waals surface area (Å²) in [5, 5.41) is 6.06. The first-order valence-corrected chi connectivity index (χ1v) is 9.72. The molecule has 0 spiro atoms. The molecule has 0 fully saturated rings.